The van der Waals surface area contributed by atoms with Crippen molar-refractivity contribution in [2.75, 3.05) is 13.2 Å². The second kappa shape index (κ2) is 7.78. The molecule has 0 fully saturated rings. The van der Waals surface area contributed by atoms with Gasteiger partial charge in [0, 0.05) is 12.2 Å². The molecule has 0 heterocycles. The van der Waals surface area contributed by atoms with Crippen LogP contribution >= 0.6 is 7.60 Å². The molecule has 0 amide bonds. The average Bonchev–Trinajstić information content (AvgIpc) is 2.77. The maximum atomic E-state index is 12.3. The van der Waals surface area contributed by atoms with Crippen molar-refractivity contribution in [2.24, 2.45) is 5.92 Å². The highest BCUT2D eigenvalue weighted by molar-refractivity contribution is 7.57. The summed E-state index contributed by atoms with van der Waals surface area (Å²) in [4.78, 5) is 11.3. The molecule has 108 valence electrons. The van der Waals surface area contributed by atoms with E-state index >= 15 is 0 Å². The minimum atomic E-state index is -3.13. The van der Waals surface area contributed by atoms with E-state index in [0.29, 0.717) is 19.6 Å². The van der Waals surface area contributed by atoms with E-state index in [0.717, 1.165) is 18.4 Å². The Kier molecular flexibility index (Phi) is 6.70. The van der Waals surface area contributed by atoms with Gasteiger partial charge in [-0.25, -0.2) is 0 Å². The number of hydrogen-bond donors (Lipinski definition) is 0. The number of carbonyl (C=O) groups excluding carboxylic acids is 1. The monoisotopic (exact) mass is 286 g/mol. The molecule has 1 rings (SSSR count). The van der Waals surface area contributed by atoms with Gasteiger partial charge in [0.2, 0.25) is 0 Å². The lowest BCUT2D eigenvalue weighted by Crippen LogP contribution is -1.99. The van der Waals surface area contributed by atoms with Crippen molar-refractivity contribution in [3.8, 4) is 0 Å². The van der Waals surface area contributed by atoms with Crippen molar-refractivity contribution in [1.82, 2.24) is 0 Å². The maximum Gasteiger partial charge on any atom is 0.353 e. The van der Waals surface area contributed by atoms with Gasteiger partial charge in [-0.3, -0.25) is 9.36 Å². The largest absolute Gasteiger partial charge is 0.353 e. The van der Waals surface area contributed by atoms with Gasteiger partial charge in [-0.05, 0) is 38.7 Å². The van der Waals surface area contributed by atoms with Gasteiger partial charge >= 0.3 is 7.60 Å². The lowest BCUT2D eigenvalue weighted by molar-refractivity contribution is -0.114. The average molecular weight is 286 g/mol. The zero-order valence-electron chi connectivity index (χ0n) is 11.9. The Morgan fingerprint density at radius 1 is 1.26 bits per heavy atom. The van der Waals surface area contributed by atoms with Gasteiger partial charge in [0.05, 0.1) is 13.2 Å². The fraction of sp³-hybridized carbons (Fsp3) is 0.643. The summed E-state index contributed by atoms with van der Waals surface area (Å²) in [6.45, 7) is 6.31. The Hall–Kier alpha value is -0.700. The van der Waals surface area contributed by atoms with Crippen LogP contribution in [0, 0.1) is 5.92 Å². The predicted octanol–water partition coefficient (Wildman–Crippen LogP) is 4.08. The van der Waals surface area contributed by atoms with Crippen LogP contribution in [0.25, 0.3) is 0 Å². The van der Waals surface area contributed by atoms with Gasteiger partial charge in [0.1, 0.15) is 0 Å². The van der Waals surface area contributed by atoms with Crippen LogP contribution in [0.3, 0.4) is 0 Å². The van der Waals surface area contributed by atoms with Gasteiger partial charge < -0.3 is 9.05 Å². The normalized spacial score (nSPS) is 18.1. The number of allylic oxidation sites excluding steroid dienone is 3. The van der Waals surface area contributed by atoms with E-state index in [2.05, 4.69) is 0 Å². The molecule has 0 saturated carbocycles. The number of carbonyl (C=O) groups is 1. The highest BCUT2D eigenvalue weighted by Gasteiger charge is 2.22. The van der Waals surface area contributed by atoms with Crippen molar-refractivity contribution in [3.05, 3.63) is 23.5 Å². The summed E-state index contributed by atoms with van der Waals surface area (Å²) in [6, 6.07) is 0. The summed E-state index contributed by atoms with van der Waals surface area (Å²) >= 11 is 0. The molecule has 0 spiro atoms. The maximum absolute atomic E-state index is 12.3. The molecule has 0 aromatic rings. The van der Waals surface area contributed by atoms with Crippen LogP contribution in [0.5, 0.6) is 0 Å². The van der Waals surface area contributed by atoms with Gasteiger partial charge in [0.25, 0.3) is 0 Å². The molecular formula is C14H23O4P. The highest BCUT2D eigenvalue weighted by atomic mass is 31.2. The Labute approximate surface area is 115 Å². The molecule has 1 aliphatic rings. The van der Waals surface area contributed by atoms with Gasteiger partial charge in [-0.2, -0.15) is 0 Å². The predicted molar refractivity (Wildman–Crippen MR) is 76.1 cm³/mol. The van der Waals surface area contributed by atoms with Crippen molar-refractivity contribution < 1.29 is 18.4 Å². The van der Waals surface area contributed by atoms with Gasteiger partial charge in [-0.1, -0.05) is 18.6 Å². The second-order valence-electron chi connectivity index (χ2n) is 4.42. The zero-order valence-corrected chi connectivity index (χ0v) is 12.8. The molecule has 0 radical (unpaired) electrons. The Morgan fingerprint density at radius 2 is 1.89 bits per heavy atom. The number of hydrogen-bond acceptors (Lipinski definition) is 4. The lowest BCUT2D eigenvalue weighted by Gasteiger charge is -2.15. The van der Waals surface area contributed by atoms with Crippen LogP contribution in [0.4, 0.5) is 0 Å². The third kappa shape index (κ3) is 5.06. The standard InChI is InChI=1S/C14H23O4P/c1-4-12(13-7-8-14(15)11-13)9-10-19(16,17-5-2)18-6-3/h9-12H,4-8H2,1-3H3/b10-9+. The first-order valence-electron chi connectivity index (χ1n) is 6.86. The molecule has 0 aliphatic heterocycles. The summed E-state index contributed by atoms with van der Waals surface area (Å²) < 4.78 is 22.7. The molecular weight excluding hydrogens is 263 g/mol. The summed E-state index contributed by atoms with van der Waals surface area (Å²) in [6.07, 6.45) is 5.83. The lowest BCUT2D eigenvalue weighted by atomic mass is 9.96. The van der Waals surface area contributed by atoms with Crippen LogP contribution in [-0.4, -0.2) is 19.0 Å². The minimum absolute atomic E-state index is 0.140. The molecule has 0 bridgehead atoms. The van der Waals surface area contributed by atoms with E-state index in [-0.39, 0.29) is 11.7 Å². The smallest absolute Gasteiger partial charge is 0.306 e. The molecule has 4 nitrogen and oxygen atoms in total. The molecule has 19 heavy (non-hydrogen) atoms. The van der Waals surface area contributed by atoms with Crippen LogP contribution < -0.4 is 0 Å². The third-order valence-electron chi connectivity index (χ3n) is 3.04. The van der Waals surface area contributed by atoms with Crippen molar-refractivity contribution in [1.29, 1.82) is 0 Å². The summed E-state index contributed by atoms with van der Waals surface area (Å²) in [5, 5.41) is 0. The van der Waals surface area contributed by atoms with Crippen molar-refractivity contribution in [3.63, 3.8) is 0 Å². The van der Waals surface area contributed by atoms with Gasteiger partial charge in [0.15, 0.2) is 5.78 Å². The summed E-state index contributed by atoms with van der Waals surface area (Å²) in [5.41, 5.74) is 1.11. The molecule has 1 unspecified atom stereocenters. The first-order valence-corrected chi connectivity index (χ1v) is 8.47. The highest BCUT2D eigenvalue weighted by Crippen LogP contribution is 2.50. The molecule has 0 aromatic carbocycles. The number of ketones is 1. The van der Waals surface area contributed by atoms with E-state index < -0.39 is 7.60 Å². The third-order valence-corrected chi connectivity index (χ3v) is 4.82. The SMILES string of the molecule is CCOP(=O)(/C=C/C(CC)C1=CC(=O)CC1)OCC. The summed E-state index contributed by atoms with van der Waals surface area (Å²) in [7, 11) is -3.13. The molecule has 5 heteroatoms. The molecule has 1 aliphatic carbocycles. The van der Waals surface area contributed by atoms with E-state index in [1.807, 2.05) is 13.0 Å². The quantitative estimate of drug-likeness (QED) is 0.631. The first-order chi connectivity index (χ1) is 9.04. The van der Waals surface area contributed by atoms with Crippen molar-refractivity contribution >= 4 is 13.4 Å². The number of rotatable bonds is 8. The Morgan fingerprint density at radius 3 is 2.32 bits per heavy atom. The second-order valence-corrected chi connectivity index (χ2v) is 6.31. The molecule has 1 atom stereocenters. The van der Waals surface area contributed by atoms with E-state index in [4.69, 9.17) is 9.05 Å². The minimum Gasteiger partial charge on any atom is -0.306 e. The van der Waals surface area contributed by atoms with Crippen molar-refractivity contribution in [2.45, 2.75) is 40.0 Å². The molecule has 0 N–H and O–H groups in total. The van der Waals surface area contributed by atoms with E-state index in [1.54, 1.807) is 19.9 Å². The Balaban J connectivity index is 2.78. The van der Waals surface area contributed by atoms with E-state index in [1.165, 1.54) is 5.82 Å². The zero-order chi connectivity index (χ0) is 14.3. The van der Waals surface area contributed by atoms with Crippen LogP contribution in [0.1, 0.15) is 40.0 Å². The molecule has 0 saturated heterocycles. The fourth-order valence-corrected chi connectivity index (χ4v) is 3.51. The van der Waals surface area contributed by atoms with Gasteiger partial charge in [-0.15, -0.1) is 0 Å². The fourth-order valence-electron chi connectivity index (χ4n) is 2.13. The van der Waals surface area contributed by atoms with E-state index in [9.17, 15) is 9.36 Å². The molecule has 0 aromatic heterocycles. The first kappa shape index (κ1) is 16.4. The topological polar surface area (TPSA) is 52.6 Å². The van der Waals surface area contributed by atoms with Crippen LogP contribution in [-0.2, 0) is 18.4 Å². The Bertz CT molecular complexity index is 402. The summed E-state index contributed by atoms with van der Waals surface area (Å²) in [5.74, 6) is 1.86. The van der Waals surface area contributed by atoms with Crippen LogP contribution in [0.15, 0.2) is 23.5 Å². The van der Waals surface area contributed by atoms with Crippen LogP contribution in [0.2, 0.25) is 0 Å².